The first-order valence-corrected chi connectivity index (χ1v) is 34.1. The van der Waals surface area contributed by atoms with E-state index in [-0.39, 0.29) is 19.4 Å². The van der Waals surface area contributed by atoms with Gasteiger partial charge in [0, 0.05) is 6.42 Å². The first kappa shape index (κ1) is 76.4. The molecule has 1 aliphatic rings. The Labute approximate surface area is 497 Å². The lowest BCUT2D eigenvalue weighted by Crippen LogP contribution is -2.61. The third-order valence-electron chi connectivity index (χ3n) is 15.9. The largest absolute Gasteiger partial charge is 0.454 e. The van der Waals surface area contributed by atoms with E-state index in [1.807, 2.05) is 6.08 Å². The maximum atomic E-state index is 13.5. The van der Waals surface area contributed by atoms with E-state index in [0.717, 1.165) is 77.0 Å². The number of allylic oxidation sites excluding steroid dienone is 9. The van der Waals surface area contributed by atoms with Gasteiger partial charge in [0.15, 0.2) is 12.4 Å². The van der Waals surface area contributed by atoms with Crippen molar-refractivity contribution >= 4 is 11.9 Å². The predicted molar refractivity (Wildman–Crippen MR) is 338 cm³/mol. The average molecular weight is 1140 g/mol. The molecule has 81 heavy (non-hydrogen) atoms. The summed E-state index contributed by atoms with van der Waals surface area (Å²) < 4.78 is 17.7. The molecule has 0 spiro atoms. The number of esters is 1. The maximum Gasteiger partial charge on any atom is 0.306 e. The Morgan fingerprint density at radius 2 is 0.852 bits per heavy atom. The van der Waals surface area contributed by atoms with E-state index in [1.165, 1.54) is 186 Å². The van der Waals surface area contributed by atoms with Crippen molar-refractivity contribution < 1.29 is 49.3 Å². The third kappa shape index (κ3) is 45.4. The van der Waals surface area contributed by atoms with Crippen molar-refractivity contribution in [2.45, 2.75) is 359 Å². The van der Waals surface area contributed by atoms with Crippen LogP contribution in [0.1, 0.15) is 310 Å². The van der Waals surface area contributed by atoms with Crippen molar-refractivity contribution in [3.05, 3.63) is 60.8 Å². The highest BCUT2D eigenvalue weighted by Gasteiger charge is 2.47. The summed E-state index contributed by atoms with van der Waals surface area (Å²) in [5.74, 6) is -1.19. The molecule has 0 aromatic carbocycles. The Morgan fingerprint density at radius 3 is 1.28 bits per heavy atom. The van der Waals surface area contributed by atoms with E-state index in [4.69, 9.17) is 14.2 Å². The molecular formula is C70H127NO10. The number of nitrogens with one attached hydrogen (secondary N) is 1. The van der Waals surface area contributed by atoms with Gasteiger partial charge in [-0.25, -0.2) is 0 Å². The zero-order chi connectivity index (χ0) is 58.9. The zero-order valence-electron chi connectivity index (χ0n) is 52.4. The Morgan fingerprint density at radius 1 is 0.481 bits per heavy atom. The summed E-state index contributed by atoms with van der Waals surface area (Å²) in [6.45, 7) is 5.76. The summed E-state index contributed by atoms with van der Waals surface area (Å²) in [7, 11) is 0. The number of carbonyl (C=O) groups is 2. The molecule has 8 atom stereocenters. The second-order valence-corrected chi connectivity index (χ2v) is 23.6. The SMILES string of the molecule is CCCCC/C=C\C/C=C\CCCCCCCCCCCCCCC(O)C(=O)NC(COC1OC(CO)C(O)C(O)C1OC(=O)CCCCCCCCCCC/C=C\C/C=C\CCCCC)C(O)/C=C/CCCCCCCCCCC. The molecule has 8 unspecified atom stereocenters. The molecule has 472 valence electrons. The molecule has 1 saturated heterocycles. The number of rotatable bonds is 58. The van der Waals surface area contributed by atoms with Gasteiger partial charge in [-0.1, -0.05) is 274 Å². The number of hydrogen-bond acceptors (Lipinski definition) is 10. The Balaban J connectivity index is 2.59. The van der Waals surface area contributed by atoms with Crippen molar-refractivity contribution in [1.82, 2.24) is 5.32 Å². The highest BCUT2D eigenvalue weighted by Crippen LogP contribution is 2.26. The highest BCUT2D eigenvalue weighted by molar-refractivity contribution is 5.80. The maximum absolute atomic E-state index is 13.5. The van der Waals surface area contributed by atoms with Crippen LogP contribution in [0.25, 0.3) is 0 Å². The number of ether oxygens (including phenoxy) is 3. The normalized spacial score (nSPS) is 19.0. The van der Waals surface area contributed by atoms with Gasteiger partial charge in [0.25, 0.3) is 0 Å². The molecule has 11 nitrogen and oxygen atoms in total. The van der Waals surface area contributed by atoms with Crippen molar-refractivity contribution in [3.63, 3.8) is 0 Å². The third-order valence-corrected chi connectivity index (χ3v) is 15.9. The molecule has 0 aromatic rings. The Kier molecular flexibility index (Phi) is 54.5. The summed E-state index contributed by atoms with van der Waals surface area (Å²) >= 11 is 0. The van der Waals surface area contributed by atoms with Gasteiger partial charge in [-0.15, -0.1) is 0 Å². The Hall–Kier alpha value is -2.64. The highest BCUT2D eigenvalue weighted by atomic mass is 16.7. The number of aliphatic hydroxyl groups is 5. The van der Waals surface area contributed by atoms with E-state index in [2.05, 4.69) is 74.7 Å². The minimum atomic E-state index is -1.62. The standard InChI is InChI=1S/C70H127NO10/c1-4-7-10-13-16-19-22-24-26-28-30-31-32-34-35-37-39-42-45-48-51-54-57-63(74)69(78)71-61(62(73)56-53-50-47-44-41-21-18-15-12-9-6-3)60-79-70-68(67(77)66(76)64(59-72)80-70)81-65(75)58-55-52-49-46-43-40-38-36-33-29-27-25-23-20-17-14-11-8-5-2/h16-17,19-20,24-27,53,56,61-64,66-68,70,72-74,76-77H,4-15,18,21-23,28-52,54-55,57-60H2,1-3H3,(H,71,78)/b19-16-,20-17-,26-24-,27-25-,56-53+. The van der Waals surface area contributed by atoms with Crippen LogP contribution in [0.5, 0.6) is 0 Å². The second kappa shape index (κ2) is 57.8. The van der Waals surface area contributed by atoms with Gasteiger partial charge in [-0.3, -0.25) is 9.59 Å². The van der Waals surface area contributed by atoms with Gasteiger partial charge in [-0.2, -0.15) is 0 Å². The minimum Gasteiger partial charge on any atom is -0.454 e. The molecule has 0 aromatic heterocycles. The topological polar surface area (TPSA) is 175 Å². The van der Waals surface area contributed by atoms with Crippen LogP contribution in [0.3, 0.4) is 0 Å². The Bertz CT molecular complexity index is 1550. The van der Waals surface area contributed by atoms with Gasteiger partial charge in [-0.05, 0) is 89.9 Å². The number of amides is 1. The molecular weight excluding hydrogens is 1010 g/mol. The van der Waals surface area contributed by atoms with Crippen LogP contribution in [-0.2, 0) is 23.8 Å². The summed E-state index contributed by atoms with van der Waals surface area (Å²) in [6.07, 6.45) is 62.6. The summed E-state index contributed by atoms with van der Waals surface area (Å²) in [6, 6.07) is -1.03. The first-order chi connectivity index (χ1) is 39.7. The van der Waals surface area contributed by atoms with Crippen molar-refractivity contribution in [3.8, 4) is 0 Å². The van der Waals surface area contributed by atoms with E-state index < -0.39 is 67.4 Å². The van der Waals surface area contributed by atoms with Crippen molar-refractivity contribution in [1.29, 1.82) is 0 Å². The molecule has 0 aliphatic carbocycles. The van der Waals surface area contributed by atoms with Crippen LogP contribution in [0.4, 0.5) is 0 Å². The monoisotopic (exact) mass is 1140 g/mol. The lowest BCUT2D eigenvalue weighted by Gasteiger charge is -2.41. The summed E-state index contributed by atoms with van der Waals surface area (Å²) in [4.78, 5) is 26.6. The van der Waals surface area contributed by atoms with Crippen LogP contribution in [0.15, 0.2) is 60.8 Å². The van der Waals surface area contributed by atoms with Gasteiger partial charge < -0.3 is 45.1 Å². The summed E-state index contributed by atoms with van der Waals surface area (Å²) in [5, 5.41) is 57.1. The fourth-order valence-electron chi connectivity index (χ4n) is 10.5. The van der Waals surface area contributed by atoms with Crippen LogP contribution in [0, 0.1) is 0 Å². The van der Waals surface area contributed by atoms with E-state index in [0.29, 0.717) is 12.8 Å². The molecule has 1 fully saturated rings. The van der Waals surface area contributed by atoms with Gasteiger partial charge in [0.05, 0.1) is 25.4 Å². The first-order valence-electron chi connectivity index (χ1n) is 34.1. The lowest BCUT2D eigenvalue weighted by atomic mass is 9.99. The van der Waals surface area contributed by atoms with E-state index >= 15 is 0 Å². The number of aliphatic hydroxyl groups excluding tert-OH is 5. The number of unbranched alkanes of at least 4 members (excludes halogenated alkanes) is 36. The molecule has 11 heteroatoms. The predicted octanol–water partition coefficient (Wildman–Crippen LogP) is 17.0. The van der Waals surface area contributed by atoms with E-state index in [9.17, 15) is 35.1 Å². The molecule has 0 radical (unpaired) electrons. The van der Waals surface area contributed by atoms with Crippen LogP contribution >= 0.6 is 0 Å². The van der Waals surface area contributed by atoms with Gasteiger partial charge in [0.2, 0.25) is 5.91 Å². The fourth-order valence-corrected chi connectivity index (χ4v) is 10.5. The van der Waals surface area contributed by atoms with Crippen molar-refractivity contribution in [2.75, 3.05) is 13.2 Å². The molecule has 1 aliphatic heterocycles. The molecule has 0 bridgehead atoms. The van der Waals surface area contributed by atoms with Gasteiger partial charge in [0.1, 0.15) is 24.4 Å². The zero-order valence-corrected chi connectivity index (χ0v) is 52.4. The molecule has 0 saturated carbocycles. The van der Waals surface area contributed by atoms with Crippen LogP contribution in [-0.4, -0.2) is 99.6 Å². The number of carbonyl (C=O) groups excluding carboxylic acids is 2. The lowest BCUT2D eigenvalue weighted by molar-refractivity contribution is -0.305. The molecule has 1 rings (SSSR count). The smallest absolute Gasteiger partial charge is 0.306 e. The van der Waals surface area contributed by atoms with E-state index in [1.54, 1.807) is 6.08 Å². The summed E-state index contributed by atoms with van der Waals surface area (Å²) in [5.41, 5.74) is 0. The van der Waals surface area contributed by atoms with Gasteiger partial charge >= 0.3 is 5.97 Å². The molecule has 1 heterocycles. The van der Waals surface area contributed by atoms with Crippen LogP contribution in [0.2, 0.25) is 0 Å². The molecule has 6 N–H and O–H groups in total. The minimum absolute atomic E-state index is 0.119. The average Bonchev–Trinajstić information content (AvgIpc) is 3.52. The fraction of sp³-hybridized carbons (Fsp3) is 0.829. The van der Waals surface area contributed by atoms with Crippen LogP contribution < -0.4 is 5.32 Å². The molecule has 1 amide bonds. The van der Waals surface area contributed by atoms with Crippen molar-refractivity contribution in [2.24, 2.45) is 0 Å². The number of hydrogen-bond donors (Lipinski definition) is 6. The quantitative estimate of drug-likeness (QED) is 0.0195. The second-order valence-electron chi connectivity index (χ2n) is 23.6.